The van der Waals surface area contributed by atoms with E-state index in [2.05, 4.69) is 0 Å². The number of hydrogen-bond donors (Lipinski definition) is 0. The maximum Gasteiger partial charge on any atom is 0.254 e. The number of methoxy groups -OCH3 is 2. The number of amides is 2. The van der Waals surface area contributed by atoms with Gasteiger partial charge in [0.05, 0.1) is 0 Å². The molecule has 0 saturated carbocycles. The van der Waals surface area contributed by atoms with Crippen LogP contribution in [0.25, 0.3) is 0 Å². The molecule has 16 heavy (non-hydrogen) atoms. The summed E-state index contributed by atoms with van der Waals surface area (Å²) in [6, 6.07) is 0. The van der Waals surface area contributed by atoms with Gasteiger partial charge in [-0.15, -0.1) is 0 Å². The molecule has 0 aliphatic heterocycles. The molecule has 0 fully saturated rings. The first kappa shape index (κ1) is 14.9. The zero-order valence-electron chi connectivity index (χ0n) is 10.7. The summed E-state index contributed by atoms with van der Waals surface area (Å²) in [7, 11) is 9.15. The fourth-order valence-corrected chi connectivity index (χ4v) is 1.22. The Bertz CT molecular complexity index is 227. The van der Waals surface area contributed by atoms with Crippen LogP contribution in [0.15, 0.2) is 0 Å². The van der Waals surface area contributed by atoms with Gasteiger partial charge in [0, 0.05) is 42.4 Å². The minimum absolute atomic E-state index is 0.301. The third kappa shape index (κ3) is 3.46. The Morgan fingerprint density at radius 2 is 1.06 bits per heavy atom. The first-order valence-corrected chi connectivity index (χ1v) is 4.84. The second kappa shape index (κ2) is 6.44. The molecule has 2 amide bonds. The van der Waals surface area contributed by atoms with Crippen LogP contribution in [-0.2, 0) is 19.1 Å². The van der Waals surface area contributed by atoms with Gasteiger partial charge in [-0.25, -0.2) is 0 Å². The van der Waals surface area contributed by atoms with Gasteiger partial charge in [0.1, 0.15) is 0 Å². The highest BCUT2D eigenvalue weighted by atomic mass is 16.5. The second-order valence-corrected chi connectivity index (χ2v) is 3.78. The Balaban J connectivity index is 4.89. The zero-order chi connectivity index (χ0) is 12.9. The van der Waals surface area contributed by atoms with Gasteiger partial charge < -0.3 is 19.3 Å². The Kier molecular flexibility index (Phi) is 5.98. The molecule has 6 nitrogen and oxygen atoms in total. The Hall–Kier alpha value is -1.14. The lowest BCUT2D eigenvalue weighted by molar-refractivity contribution is -0.160. The van der Waals surface area contributed by atoms with E-state index >= 15 is 0 Å². The predicted molar refractivity (Wildman–Crippen MR) is 59.0 cm³/mol. The highest BCUT2D eigenvalue weighted by Gasteiger charge is 2.35. The summed E-state index contributed by atoms with van der Waals surface area (Å²) in [5.41, 5.74) is 0. The predicted octanol–water partition coefficient (Wildman–Crippen LogP) is -0.807. The maximum atomic E-state index is 11.8. The van der Waals surface area contributed by atoms with Crippen LogP contribution in [0.3, 0.4) is 0 Å². The zero-order valence-corrected chi connectivity index (χ0v) is 10.7. The first-order chi connectivity index (χ1) is 7.36. The summed E-state index contributed by atoms with van der Waals surface area (Å²) in [6.07, 6.45) is -1.84. The van der Waals surface area contributed by atoms with E-state index in [1.54, 1.807) is 28.2 Å². The molecule has 0 aliphatic carbocycles. The highest BCUT2D eigenvalue weighted by molar-refractivity contribution is 5.90. The van der Waals surface area contributed by atoms with Gasteiger partial charge in [-0.3, -0.25) is 9.59 Å². The Morgan fingerprint density at radius 3 is 1.19 bits per heavy atom. The van der Waals surface area contributed by atoms with Crippen LogP contribution >= 0.6 is 0 Å². The lowest BCUT2D eigenvalue weighted by Gasteiger charge is -2.27. The minimum Gasteiger partial charge on any atom is -0.368 e. The fourth-order valence-electron chi connectivity index (χ4n) is 1.22. The molecule has 0 saturated heterocycles. The standard InChI is InChI=1S/C10H20N2O4/c1-11(2)9(13)7(15-5)8(16-6)10(14)12(3)4/h7-8H,1-6H3/t7-,8?/m0/s1. The van der Waals surface area contributed by atoms with Crippen LogP contribution in [0.2, 0.25) is 0 Å². The van der Waals surface area contributed by atoms with Crippen molar-refractivity contribution >= 4 is 11.8 Å². The molecule has 0 bridgehead atoms. The van der Waals surface area contributed by atoms with Crippen LogP contribution in [0.5, 0.6) is 0 Å². The van der Waals surface area contributed by atoms with Gasteiger partial charge in [0.25, 0.3) is 11.8 Å². The van der Waals surface area contributed by atoms with Crippen molar-refractivity contribution in [3.05, 3.63) is 0 Å². The molecule has 6 heteroatoms. The van der Waals surface area contributed by atoms with E-state index in [0.29, 0.717) is 0 Å². The summed E-state index contributed by atoms with van der Waals surface area (Å²) < 4.78 is 10.1. The number of likely N-dealkylation sites (N-methyl/N-ethyl adjacent to an activating group) is 2. The van der Waals surface area contributed by atoms with Crippen molar-refractivity contribution in [1.29, 1.82) is 0 Å². The molecule has 0 aliphatic rings. The number of rotatable bonds is 5. The van der Waals surface area contributed by atoms with E-state index in [-0.39, 0.29) is 11.8 Å². The fraction of sp³-hybridized carbons (Fsp3) is 0.800. The molecule has 0 aromatic carbocycles. The van der Waals surface area contributed by atoms with Crippen molar-refractivity contribution in [2.24, 2.45) is 0 Å². The van der Waals surface area contributed by atoms with E-state index in [0.717, 1.165) is 0 Å². The number of hydrogen-bond acceptors (Lipinski definition) is 4. The van der Waals surface area contributed by atoms with E-state index in [4.69, 9.17) is 9.47 Å². The number of carbonyl (C=O) groups is 2. The lowest BCUT2D eigenvalue weighted by atomic mass is 10.1. The molecule has 94 valence electrons. The molecule has 0 N–H and O–H groups in total. The molecular weight excluding hydrogens is 212 g/mol. The first-order valence-electron chi connectivity index (χ1n) is 4.84. The summed E-state index contributed by atoms with van der Waals surface area (Å²) in [5, 5.41) is 0. The third-order valence-corrected chi connectivity index (χ3v) is 2.15. The van der Waals surface area contributed by atoms with E-state index < -0.39 is 12.2 Å². The highest BCUT2D eigenvalue weighted by Crippen LogP contribution is 2.08. The summed E-state index contributed by atoms with van der Waals surface area (Å²) in [5.74, 6) is -0.603. The average molecular weight is 232 g/mol. The summed E-state index contributed by atoms with van der Waals surface area (Å²) in [4.78, 5) is 26.2. The van der Waals surface area contributed by atoms with Gasteiger partial charge >= 0.3 is 0 Å². The van der Waals surface area contributed by atoms with E-state index in [9.17, 15) is 9.59 Å². The van der Waals surface area contributed by atoms with Crippen LogP contribution in [-0.4, -0.2) is 76.2 Å². The van der Waals surface area contributed by atoms with Crippen molar-refractivity contribution < 1.29 is 19.1 Å². The molecule has 2 atom stereocenters. The van der Waals surface area contributed by atoms with Gasteiger partial charge in [0.15, 0.2) is 12.2 Å². The molecule has 0 aromatic heterocycles. The lowest BCUT2D eigenvalue weighted by Crippen LogP contribution is -2.50. The maximum absolute atomic E-state index is 11.8. The minimum atomic E-state index is -0.921. The van der Waals surface area contributed by atoms with Gasteiger partial charge in [-0.05, 0) is 0 Å². The average Bonchev–Trinajstić information content (AvgIpc) is 2.23. The molecule has 1 unspecified atom stereocenters. The van der Waals surface area contributed by atoms with Crippen molar-refractivity contribution in [2.75, 3.05) is 42.4 Å². The van der Waals surface area contributed by atoms with Crippen LogP contribution in [0.1, 0.15) is 0 Å². The second-order valence-electron chi connectivity index (χ2n) is 3.78. The Morgan fingerprint density at radius 1 is 0.812 bits per heavy atom. The third-order valence-electron chi connectivity index (χ3n) is 2.15. The number of carbonyl (C=O) groups excluding carboxylic acids is 2. The normalized spacial score (nSPS) is 14.1. The summed E-state index contributed by atoms with van der Waals surface area (Å²) in [6.45, 7) is 0. The van der Waals surface area contributed by atoms with Gasteiger partial charge in [0.2, 0.25) is 0 Å². The molecule has 0 heterocycles. The molecule has 0 aromatic rings. The quantitative estimate of drug-likeness (QED) is 0.622. The van der Waals surface area contributed by atoms with Crippen molar-refractivity contribution in [2.45, 2.75) is 12.2 Å². The van der Waals surface area contributed by atoms with Crippen molar-refractivity contribution in [3.8, 4) is 0 Å². The molecular formula is C10H20N2O4. The van der Waals surface area contributed by atoms with E-state index in [1.807, 2.05) is 0 Å². The number of nitrogens with zero attached hydrogens (tertiary/aromatic N) is 2. The van der Waals surface area contributed by atoms with Gasteiger partial charge in [-0.2, -0.15) is 0 Å². The molecule has 0 radical (unpaired) electrons. The van der Waals surface area contributed by atoms with Gasteiger partial charge in [-0.1, -0.05) is 0 Å². The largest absolute Gasteiger partial charge is 0.368 e. The summed E-state index contributed by atoms with van der Waals surface area (Å²) >= 11 is 0. The molecule has 0 spiro atoms. The van der Waals surface area contributed by atoms with E-state index in [1.165, 1.54) is 24.0 Å². The van der Waals surface area contributed by atoms with Crippen LogP contribution in [0, 0.1) is 0 Å². The van der Waals surface area contributed by atoms with Crippen molar-refractivity contribution in [3.63, 3.8) is 0 Å². The SMILES string of the molecule is COC(C(=O)N(C)C)[C@H](OC)C(=O)N(C)C. The Labute approximate surface area is 96.1 Å². The monoisotopic (exact) mass is 232 g/mol. The number of ether oxygens (including phenoxy) is 2. The van der Waals surface area contributed by atoms with Crippen LogP contribution in [0.4, 0.5) is 0 Å². The van der Waals surface area contributed by atoms with Crippen molar-refractivity contribution in [1.82, 2.24) is 9.80 Å². The topological polar surface area (TPSA) is 59.1 Å². The molecule has 0 rings (SSSR count). The van der Waals surface area contributed by atoms with Crippen LogP contribution < -0.4 is 0 Å². The smallest absolute Gasteiger partial charge is 0.254 e.